The predicted octanol–water partition coefficient (Wildman–Crippen LogP) is 6.69. The number of halogens is 2. The molecule has 0 aromatic heterocycles. The van der Waals surface area contributed by atoms with Crippen LogP contribution in [0.2, 0.25) is 5.02 Å². The number of benzene rings is 2. The number of anilines is 1. The number of hydrogen-bond acceptors (Lipinski definition) is 5. The van der Waals surface area contributed by atoms with E-state index in [1.807, 2.05) is 39.0 Å². The number of rotatable bonds is 6. The number of carbonyl (C=O) groups is 1. The van der Waals surface area contributed by atoms with Gasteiger partial charge in [0.2, 0.25) is 0 Å². The molecule has 3 rings (SSSR count). The van der Waals surface area contributed by atoms with Crippen LogP contribution in [0.15, 0.2) is 45.8 Å². The fourth-order valence-electron chi connectivity index (χ4n) is 2.70. The summed E-state index contributed by atoms with van der Waals surface area (Å²) in [7, 11) is 0. The summed E-state index contributed by atoms with van der Waals surface area (Å²) in [5.41, 5.74) is 1.47. The van der Waals surface area contributed by atoms with Gasteiger partial charge in [0.1, 0.15) is 0 Å². The first-order chi connectivity index (χ1) is 13.8. The van der Waals surface area contributed by atoms with E-state index in [-0.39, 0.29) is 12.0 Å². The summed E-state index contributed by atoms with van der Waals surface area (Å²) in [6, 6.07) is 10.9. The Morgan fingerprint density at radius 3 is 2.66 bits per heavy atom. The second-order valence-corrected chi connectivity index (χ2v) is 9.36. The van der Waals surface area contributed by atoms with Crippen molar-refractivity contribution in [1.82, 2.24) is 0 Å². The molecule has 1 heterocycles. The molecule has 2 aromatic rings. The van der Waals surface area contributed by atoms with Crippen LogP contribution in [0, 0.1) is 0 Å². The number of hydrogen-bond donors (Lipinski definition) is 0. The summed E-state index contributed by atoms with van der Waals surface area (Å²) in [5, 5.41) is 0.516. The maximum Gasteiger partial charge on any atom is 0.270 e. The summed E-state index contributed by atoms with van der Waals surface area (Å²) in [6.45, 7) is 6.36. The van der Waals surface area contributed by atoms with Gasteiger partial charge in [-0.2, -0.15) is 0 Å². The average Bonchev–Trinajstić information content (AvgIpc) is 2.93. The van der Waals surface area contributed by atoms with Crippen molar-refractivity contribution in [2.24, 2.45) is 0 Å². The molecule has 0 saturated carbocycles. The lowest BCUT2D eigenvalue weighted by Gasteiger charge is -2.15. The molecule has 4 nitrogen and oxygen atoms in total. The van der Waals surface area contributed by atoms with Gasteiger partial charge in [-0.15, -0.1) is 0 Å². The fourth-order valence-corrected chi connectivity index (χ4v) is 4.42. The van der Waals surface area contributed by atoms with Crippen molar-refractivity contribution in [1.29, 1.82) is 0 Å². The van der Waals surface area contributed by atoms with Crippen LogP contribution < -0.4 is 14.4 Å². The Balaban J connectivity index is 1.90. The van der Waals surface area contributed by atoms with Gasteiger partial charge in [0.05, 0.1) is 28.3 Å². The van der Waals surface area contributed by atoms with Crippen molar-refractivity contribution in [3.63, 3.8) is 0 Å². The predicted molar refractivity (Wildman–Crippen MR) is 128 cm³/mol. The van der Waals surface area contributed by atoms with Crippen LogP contribution in [0.5, 0.6) is 11.5 Å². The van der Waals surface area contributed by atoms with Crippen molar-refractivity contribution in [2.75, 3.05) is 11.5 Å². The van der Waals surface area contributed by atoms with Crippen LogP contribution >= 0.6 is 51.5 Å². The maximum atomic E-state index is 13.0. The fraction of sp³-hybridized carbons (Fsp3) is 0.238. The monoisotopic (exact) mass is 511 g/mol. The first kappa shape index (κ1) is 22.2. The van der Waals surface area contributed by atoms with Crippen molar-refractivity contribution in [3.05, 3.63) is 56.4 Å². The van der Waals surface area contributed by atoms with Crippen LogP contribution in [-0.2, 0) is 4.79 Å². The number of carbonyl (C=O) groups excluding carboxylic acids is 1. The molecule has 29 heavy (non-hydrogen) atoms. The quantitative estimate of drug-likeness (QED) is 0.318. The highest BCUT2D eigenvalue weighted by atomic mass is 79.9. The summed E-state index contributed by atoms with van der Waals surface area (Å²) in [6.07, 6.45) is 1.84. The first-order valence-corrected chi connectivity index (χ1v) is 11.4. The third-order valence-electron chi connectivity index (χ3n) is 3.88. The Hall–Kier alpha value is -1.54. The van der Waals surface area contributed by atoms with Gasteiger partial charge in [-0.05, 0) is 78.7 Å². The van der Waals surface area contributed by atoms with Crippen LogP contribution in [0.1, 0.15) is 26.3 Å². The number of nitrogens with zero attached hydrogens (tertiary/aromatic N) is 1. The Morgan fingerprint density at radius 1 is 1.24 bits per heavy atom. The number of amides is 1. The maximum absolute atomic E-state index is 13.0. The molecule has 1 amide bonds. The molecule has 0 spiro atoms. The van der Waals surface area contributed by atoms with Crippen molar-refractivity contribution < 1.29 is 14.3 Å². The van der Waals surface area contributed by atoms with E-state index in [0.29, 0.717) is 38.0 Å². The summed E-state index contributed by atoms with van der Waals surface area (Å²) in [4.78, 5) is 15.0. The van der Waals surface area contributed by atoms with Gasteiger partial charge in [-0.1, -0.05) is 41.6 Å². The SMILES string of the molecule is CCOc1cc(/C=C2/SC(=S)N(c3ccc(Br)c(Cl)c3)C2=O)ccc1OC(C)C. The van der Waals surface area contributed by atoms with Gasteiger partial charge in [-0.3, -0.25) is 9.69 Å². The van der Waals surface area contributed by atoms with Crippen molar-refractivity contribution in [3.8, 4) is 11.5 Å². The Labute approximate surface area is 193 Å². The van der Waals surface area contributed by atoms with Gasteiger partial charge >= 0.3 is 0 Å². The highest BCUT2D eigenvalue weighted by Gasteiger charge is 2.33. The molecule has 0 atom stereocenters. The van der Waals surface area contributed by atoms with E-state index in [1.165, 1.54) is 16.7 Å². The van der Waals surface area contributed by atoms with E-state index in [1.54, 1.807) is 24.3 Å². The number of thiocarbonyl (C=S) groups is 1. The van der Waals surface area contributed by atoms with Gasteiger partial charge in [0.15, 0.2) is 15.8 Å². The van der Waals surface area contributed by atoms with Crippen molar-refractivity contribution in [2.45, 2.75) is 26.9 Å². The number of thioether (sulfide) groups is 1. The van der Waals surface area contributed by atoms with E-state index in [2.05, 4.69) is 15.9 Å². The molecule has 2 aromatic carbocycles. The lowest BCUT2D eigenvalue weighted by molar-refractivity contribution is -0.113. The first-order valence-electron chi connectivity index (χ1n) is 8.96. The zero-order valence-corrected chi connectivity index (χ0v) is 20.0. The van der Waals surface area contributed by atoms with Gasteiger partial charge in [-0.25, -0.2) is 0 Å². The largest absolute Gasteiger partial charge is 0.490 e. The minimum atomic E-state index is -0.182. The summed E-state index contributed by atoms with van der Waals surface area (Å²) in [5.74, 6) is 1.14. The van der Waals surface area contributed by atoms with Crippen LogP contribution in [0.4, 0.5) is 5.69 Å². The third kappa shape index (κ3) is 5.15. The topological polar surface area (TPSA) is 38.8 Å². The molecule has 0 unspecified atom stereocenters. The van der Waals surface area contributed by atoms with Gasteiger partial charge in [0.25, 0.3) is 5.91 Å². The van der Waals surface area contributed by atoms with Crippen LogP contribution in [0.3, 0.4) is 0 Å². The van der Waals surface area contributed by atoms with Gasteiger partial charge in [0, 0.05) is 4.47 Å². The Bertz CT molecular complexity index is 994. The zero-order chi connectivity index (χ0) is 21.1. The Kier molecular flexibility index (Phi) is 7.27. The summed E-state index contributed by atoms with van der Waals surface area (Å²) < 4.78 is 12.7. The number of ether oxygens (including phenoxy) is 2. The second kappa shape index (κ2) is 9.51. The van der Waals surface area contributed by atoms with E-state index in [0.717, 1.165) is 10.0 Å². The molecule has 1 aliphatic heterocycles. The third-order valence-corrected chi connectivity index (χ3v) is 6.42. The van der Waals surface area contributed by atoms with E-state index in [4.69, 9.17) is 33.3 Å². The summed E-state index contributed by atoms with van der Waals surface area (Å²) >= 11 is 16.2. The molecule has 1 fully saturated rings. The Morgan fingerprint density at radius 2 is 2.00 bits per heavy atom. The van der Waals surface area contributed by atoms with Crippen LogP contribution in [-0.4, -0.2) is 22.9 Å². The molecule has 0 radical (unpaired) electrons. The molecule has 1 aliphatic rings. The molecule has 0 bridgehead atoms. The molecule has 0 aliphatic carbocycles. The van der Waals surface area contributed by atoms with E-state index in [9.17, 15) is 4.79 Å². The molecule has 0 N–H and O–H groups in total. The highest BCUT2D eigenvalue weighted by molar-refractivity contribution is 9.10. The molecular weight excluding hydrogens is 494 g/mol. The van der Waals surface area contributed by atoms with Crippen molar-refractivity contribution >= 4 is 73.5 Å². The molecular formula is C21H19BrClNO3S2. The standard InChI is InChI=1S/C21H19BrClNO3S2/c1-4-26-18-9-13(5-8-17(18)27-12(2)3)10-19-20(25)24(21(28)29-19)14-6-7-15(22)16(23)11-14/h5-12H,4H2,1-3H3/b19-10+. The van der Waals surface area contributed by atoms with E-state index < -0.39 is 0 Å². The second-order valence-electron chi connectivity index (χ2n) is 6.42. The smallest absolute Gasteiger partial charge is 0.270 e. The normalized spacial score (nSPS) is 15.5. The highest BCUT2D eigenvalue weighted by Crippen LogP contribution is 2.39. The lowest BCUT2D eigenvalue weighted by atomic mass is 10.1. The molecule has 1 saturated heterocycles. The average molecular weight is 513 g/mol. The van der Waals surface area contributed by atoms with E-state index >= 15 is 0 Å². The zero-order valence-electron chi connectivity index (χ0n) is 16.1. The molecule has 8 heteroatoms. The molecule has 152 valence electrons. The lowest BCUT2D eigenvalue weighted by Crippen LogP contribution is -2.27. The minimum Gasteiger partial charge on any atom is -0.490 e. The van der Waals surface area contributed by atoms with Gasteiger partial charge < -0.3 is 9.47 Å². The van der Waals surface area contributed by atoms with Crippen LogP contribution in [0.25, 0.3) is 6.08 Å². The minimum absolute atomic E-state index is 0.0361.